The molecule has 0 atom stereocenters. The summed E-state index contributed by atoms with van der Waals surface area (Å²) in [5.41, 5.74) is 2.40. The smallest absolute Gasteiger partial charge is 0.337 e. The van der Waals surface area contributed by atoms with Crippen molar-refractivity contribution in [2.45, 2.75) is 26.3 Å². The molecule has 0 bridgehead atoms. The molecule has 0 aliphatic rings. The molecule has 3 aromatic rings. The fourth-order valence-corrected chi connectivity index (χ4v) is 2.14. The van der Waals surface area contributed by atoms with Crippen LogP contribution in [0.15, 0.2) is 36.9 Å². The molecule has 3 aromatic heterocycles. The number of fused-ring (bicyclic) bond motifs is 1. The van der Waals surface area contributed by atoms with Gasteiger partial charge in [0.05, 0.1) is 17.3 Å². The minimum atomic E-state index is -1.000. The summed E-state index contributed by atoms with van der Waals surface area (Å²) in [6, 6.07) is 3.46. The van der Waals surface area contributed by atoms with E-state index in [4.69, 9.17) is 5.11 Å². The standard InChI is InChI=1S/C16H16N4O2/c1-16(2,3)20-9-13(8-19-20)11-4-10-5-12(15(21)22)7-18-14(10)17-6-11/h4-9H,1-3H3,(H,21,22). The van der Waals surface area contributed by atoms with Gasteiger partial charge in [-0.2, -0.15) is 5.10 Å². The zero-order valence-electron chi connectivity index (χ0n) is 12.6. The van der Waals surface area contributed by atoms with Gasteiger partial charge < -0.3 is 5.11 Å². The summed E-state index contributed by atoms with van der Waals surface area (Å²) in [7, 11) is 0. The van der Waals surface area contributed by atoms with Crippen molar-refractivity contribution in [2.24, 2.45) is 0 Å². The van der Waals surface area contributed by atoms with Crippen LogP contribution in [0.5, 0.6) is 0 Å². The normalized spacial score (nSPS) is 11.8. The number of aromatic nitrogens is 4. The molecule has 3 rings (SSSR count). The van der Waals surface area contributed by atoms with E-state index in [-0.39, 0.29) is 11.1 Å². The SMILES string of the molecule is CC(C)(C)n1cc(-c2cnc3ncc(C(=O)O)cc3c2)cn1. The second-order valence-electron chi connectivity index (χ2n) is 6.14. The van der Waals surface area contributed by atoms with Crippen molar-refractivity contribution in [3.05, 3.63) is 42.5 Å². The Balaban J connectivity index is 2.07. The predicted octanol–water partition coefficient (Wildman–Crippen LogP) is 2.95. The monoisotopic (exact) mass is 296 g/mol. The van der Waals surface area contributed by atoms with E-state index in [2.05, 4.69) is 35.8 Å². The Morgan fingerprint density at radius 2 is 1.82 bits per heavy atom. The fraction of sp³-hybridized carbons (Fsp3) is 0.250. The molecule has 0 spiro atoms. The molecular weight excluding hydrogens is 280 g/mol. The van der Waals surface area contributed by atoms with Crippen molar-refractivity contribution in [1.29, 1.82) is 0 Å². The molecular formula is C16H16N4O2. The van der Waals surface area contributed by atoms with Crippen LogP contribution in [0.1, 0.15) is 31.1 Å². The molecule has 1 N–H and O–H groups in total. The van der Waals surface area contributed by atoms with Crippen molar-refractivity contribution in [1.82, 2.24) is 19.7 Å². The fourth-order valence-electron chi connectivity index (χ4n) is 2.14. The van der Waals surface area contributed by atoms with Crippen LogP contribution in [-0.2, 0) is 5.54 Å². The zero-order chi connectivity index (χ0) is 15.9. The number of aromatic carboxylic acids is 1. The number of pyridine rings is 2. The Hall–Kier alpha value is -2.76. The van der Waals surface area contributed by atoms with Gasteiger partial charge in [-0.1, -0.05) is 0 Å². The average Bonchev–Trinajstić information content (AvgIpc) is 2.96. The van der Waals surface area contributed by atoms with E-state index < -0.39 is 5.97 Å². The molecule has 6 nitrogen and oxygen atoms in total. The average molecular weight is 296 g/mol. The lowest BCUT2D eigenvalue weighted by molar-refractivity contribution is 0.0696. The van der Waals surface area contributed by atoms with E-state index in [1.807, 2.05) is 16.9 Å². The second-order valence-corrected chi connectivity index (χ2v) is 6.14. The van der Waals surface area contributed by atoms with Crippen molar-refractivity contribution >= 4 is 17.0 Å². The highest BCUT2D eigenvalue weighted by Gasteiger charge is 2.15. The Bertz CT molecular complexity index is 862. The molecule has 112 valence electrons. The second kappa shape index (κ2) is 4.91. The van der Waals surface area contributed by atoms with Crippen LogP contribution >= 0.6 is 0 Å². The highest BCUT2D eigenvalue weighted by molar-refractivity contribution is 5.92. The van der Waals surface area contributed by atoms with Gasteiger partial charge in [0.1, 0.15) is 0 Å². The van der Waals surface area contributed by atoms with E-state index in [1.54, 1.807) is 18.5 Å². The third-order valence-electron chi connectivity index (χ3n) is 3.38. The van der Waals surface area contributed by atoms with Gasteiger partial charge in [0.15, 0.2) is 5.65 Å². The van der Waals surface area contributed by atoms with Gasteiger partial charge in [0, 0.05) is 35.1 Å². The molecule has 22 heavy (non-hydrogen) atoms. The number of rotatable bonds is 2. The molecule has 0 aromatic carbocycles. The Morgan fingerprint density at radius 1 is 1.09 bits per heavy atom. The topological polar surface area (TPSA) is 80.9 Å². The molecule has 0 aliphatic heterocycles. The maximum atomic E-state index is 11.0. The summed E-state index contributed by atoms with van der Waals surface area (Å²) >= 11 is 0. The Labute approximate surface area is 127 Å². The highest BCUT2D eigenvalue weighted by Crippen LogP contribution is 2.24. The lowest BCUT2D eigenvalue weighted by Crippen LogP contribution is -2.21. The molecule has 0 saturated carbocycles. The van der Waals surface area contributed by atoms with Crippen molar-refractivity contribution in [2.75, 3.05) is 0 Å². The maximum absolute atomic E-state index is 11.0. The van der Waals surface area contributed by atoms with Crippen LogP contribution in [0.3, 0.4) is 0 Å². The first kappa shape index (κ1) is 14.2. The highest BCUT2D eigenvalue weighted by atomic mass is 16.4. The van der Waals surface area contributed by atoms with Gasteiger partial charge in [-0.05, 0) is 32.9 Å². The van der Waals surface area contributed by atoms with Crippen LogP contribution in [0.4, 0.5) is 0 Å². The van der Waals surface area contributed by atoms with Gasteiger partial charge in [-0.25, -0.2) is 14.8 Å². The van der Waals surface area contributed by atoms with E-state index in [0.717, 1.165) is 11.1 Å². The lowest BCUT2D eigenvalue weighted by atomic mass is 10.1. The van der Waals surface area contributed by atoms with Crippen LogP contribution in [0, 0.1) is 0 Å². The lowest BCUT2D eigenvalue weighted by Gasteiger charge is -2.18. The summed E-state index contributed by atoms with van der Waals surface area (Å²) in [4.78, 5) is 19.4. The number of carbonyl (C=O) groups is 1. The van der Waals surface area contributed by atoms with E-state index in [9.17, 15) is 4.79 Å². The number of hydrogen-bond donors (Lipinski definition) is 1. The predicted molar refractivity (Wildman–Crippen MR) is 82.7 cm³/mol. The molecule has 0 fully saturated rings. The molecule has 0 radical (unpaired) electrons. The summed E-state index contributed by atoms with van der Waals surface area (Å²) in [5, 5.41) is 14.1. The summed E-state index contributed by atoms with van der Waals surface area (Å²) in [5.74, 6) is -1.000. The first-order valence-electron chi connectivity index (χ1n) is 6.89. The van der Waals surface area contributed by atoms with E-state index in [0.29, 0.717) is 11.0 Å². The number of carboxylic acid groups (broad SMARTS) is 1. The summed E-state index contributed by atoms with van der Waals surface area (Å²) in [6.45, 7) is 6.22. The largest absolute Gasteiger partial charge is 0.478 e. The van der Waals surface area contributed by atoms with Crippen LogP contribution in [-0.4, -0.2) is 30.8 Å². The van der Waals surface area contributed by atoms with Gasteiger partial charge in [-0.15, -0.1) is 0 Å². The maximum Gasteiger partial charge on any atom is 0.337 e. The minimum absolute atomic E-state index is 0.0967. The summed E-state index contributed by atoms with van der Waals surface area (Å²) in [6.07, 6.45) is 6.77. The van der Waals surface area contributed by atoms with Gasteiger partial charge in [0.2, 0.25) is 0 Å². The molecule has 0 aliphatic carbocycles. The number of carboxylic acids is 1. The van der Waals surface area contributed by atoms with Crippen LogP contribution in [0.25, 0.3) is 22.2 Å². The summed E-state index contributed by atoms with van der Waals surface area (Å²) < 4.78 is 1.89. The van der Waals surface area contributed by atoms with Crippen molar-refractivity contribution in [3.63, 3.8) is 0 Å². The molecule has 3 heterocycles. The van der Waals surface area contributed by atoms with Gasteiger partial charge in [-0.3, -0.25) is 4.68 Å². The van der Waals surface area contributed by atoms with Crippen LogP contribution in [0.2, 0.25) is 0 Å². The first-order valence-corrected chi connectivity index (χ1v) is 6.89. The van der Waals surface area contributed by atoms with Crippen LogP contribution < -0.4 is 0 Å². The number of nitrogens with zero attached hydrogens (tertiary/aromatic N) is 4. The molecule has 6 heteroatoms. The van der Waals surface area contributed by atoms with Crippen molar-refractivity contribution < 1.29 is 9.90 Å². The third-order valence-corrected chi connectivity index (χ3v) is 3.38. The first-order chi connectivity index (χ1) is 10.3. The Kier molecular flexibility index (Phi) is 3.16. The quantitative estimate of drug-likeness (QED) is 0.786. The molecule has 0 unspecified atom stereocenters. The van der Waals surface area contributed by atoms with E-state index >= 15 is 0 Å². The minimum Gasteiger partial charge on any atom is -0.478 e. The molecule has 0 saturated heterocycles. The van der Waals surface area contributed by atoms with Gasteiger partial charge in [0.25, 0.3) is 0 Å². The Morgan fingerprint density at radius 3 is 2.45 bits per heavy atom. The molecule has 0 amide bonds. The zero-order valence-corrected chi connectivity index (χ0v) is 12.6. The van der Waals surface area contributed by atoms with Crippen molar-refractivity contribution in [3.8, 4) is 11.1 Å². The number of hydrogen-bond acceptors (Lipinski definition) is 4. The van der Waals surface area contributed by atoms with E-state index in [1.165, 1.54) is 6.20 Å². The third kappa shape index (κ3) is 2.55. The van der Waals surface area contributed by atoms with Gasteiger partial charge >= 0.3 is 5.97 Å².